The van der Waals surface area contributed by atoms with Crippen LogP contribution in [0.15, 0.2) is 41.5 Å². The maximum atomic E-state index is 12.4. The summed E-state index contributed by atoms with van der Waals surface area (Å²) in [6, 6.07) is 9.87. The van der Waals surface area contributed by atoms with Crippen molar-refractivity contribution in [1.82, 2.24) is 0 Å². The number of allylic oxidation sites excluding steroid dienone is 2. The molecule has 1 aliphatic carbocycles. The summed E-state index contributed by atoms with van der Waals surface area (Å²) in [6.07, 6.45) is 1.69. The highest BCUT2D eigenvalue weighted by atomic mass is 16.1. The van der Waals surface area contributed by atoms with Crippen LogP contribution in [0.1, 0.15) is 58.4 Å². The summed E-state index contributed by atoms with van der Waals surface area (Å²) in [6.45, 7) is 8.31. The fraction of sp³-hybridized carbons (Fsp3) is 0.474. The van der Waals surface area contributed by atoms with Gasteiger partial charge in [0.2, 0.25) is 0 Å². The molecule has 0 heterocycles. The zero-order valence-electron chi connectivity index (χ0n) is 13.4. The number of hydrogen-bond donors (Lipinski definition) is 0. The minimum absolute atomic E-state index is 0.0156. The van der Waals surface area contributed by atoms with Crippen LogP contribution in [-0.4, -0.2) is 11.6 Å². The Kier molecular flexibility index (Phi) is 4.46. The van der Waals surface area contributed by atoms with Crippen molar-refractivity contribution in [2.24, 2.45) is 5.41 Å². The van der Waals surface area contributed by atoms with Gasteiger partial charge in [-0.3, -0.25) is 9.59 Å². The Balaban J connectivity index is 2.23. The highest BCUT2D eigenvalue weighted by Gasteiger charge is 2.33. The van der Waals surface area contributed by atoms with Crippen molar-refractivity contribution in [3.63, 3.8) is 0 Å². The number of benzene rings is 1. The van der Waals surface area contributed by atoms with Crippen molar-refractivity contribution in [2.45, 2.75) is 52.9 Å². The van der Waals surface area contributed by atoms with Gasteiger partial charge < -0.3 is 0 Å². The topological polar surface area (TPSA) is 34.1 Å². The lowest BCUT2D eigenvalue weighted by atomic mass is 9.76. The molecule has 2 rings (SSSR count). The number of carbonyl (C=O) groups excluding carboxylic acids is 2. The Bertz CT molecular complexity index is 553. The zero-order chi connectivity index (χ0) is 15.6. The minimum atomic E-state index is 0.0156. The predicted molar refractivity (Wildman–Crippen MR) is 85.2 cm³/mol. The molecular formula is C19H24O2. The number of ketones is 2. The molecule has 0 N–H and O–H groups in total. The van der Waals surface area contributed by atoms with Gasteiger partial charge in [-0.05, 0) is 30.2 Å². The Morgan fingerprint density at radius 2 is 1.57 bits per heavy atom. The molecule has 0 atom stereocenters. The molecule has 2 heteroatoms. The van der Waals surface area contributed by atoms with E-state index in [1.165, 1.54) is 0 Å². The molecule has 112 valence electrons. The number of rotatable bonds is 2. The first-order valence-corrected chi connectivity index (χ1v) is 7.59. The van der Waals surface area contributed by atoms with Gasteiger partial charge in [0, 0.05) is 12.8 Å². The Labute approximate surface area is 127 Å². The van der Waals surface area contributed by atoms with Crippen molar-refractivity contribution in [3.8, 4) is 0 Å². The Morgan fingerprint density at radius 1 is 1.05 bits per heavy atom. The van der Waals surface area contributed by atoms with Crippen molar-refractivity contribution in [1.29, 1.82) is 0 Å². The zero-order valence-corrected chi connectivity index (χ0v) is 13.4. The fourth-order valence-electron chi connectivity index (χ4n) is 3.20. The molecular weight excluding hydrogens is 260 g/mol. The lowest BCUT2D eigenvalue weighted by molar-refractivity contribution is -0.124. The molecule has 1 fully saturated rings. The third-order valence-electron chi connectivity index (χ3n) is 3.91. The van der Waals surface area contributed by atoms with Gasteiger partial charge in [0.15, 0.2) is 11.6 Å². The molecule has 0 spiro atoms. The monoisotopic (exact) mass is 284 g/mol. The largest absolute Gasteiger partial charge is 0.294 e. The van der Waals surface area contributed by atoms with Crippen LogP contribution < -0.4 is 0 Å². The van der Waals surface area contributed by atoms with E-state index in [9.17, 15) is 9.59 Å². The van der Waals surface area contributed by atoms with Crippen LogP contribution in [-0.2, 0) is 9.59 Å². The second-order valence-corrected chi connectivity index (χ2v) is 7.25. The summed E-state index contributed by atoms with van der Waals surface area (Å²) in [5.41, 5.74) is 2.60. The molecule has 21 heavy (non-hydrogen) atoms. The van der Waals surface area contributed by atoms with Gasteiger partial charge in [0.1, 0.15) is 0 Å². The maximum absolute atomic E-state index is 12.4. The molecule has 0 unspecified atom stereocenters. The Morgan fingerprint density at radius 3 is 2.05 bits per heavy atom. The van der Waals surface area contributed by atoms with Crippen molar-refractivity contribution in [2.75, 3.05) is 0 Å². The van der Waals surface area contributed by atoms with E-state index in [2.05, 4.69) is 20.8 Å². The lowest BCUT2D eigenvalue weighted by Crippen LogP contribution is -2.26. The van der Waals surface area contributed by atoms with Gasteiger partial charge in [0.05, 0.1) is 5.57 Å². The average molecular weight is 284 g/mol. The summed E-state index contributed by atoms with van der Waals surface area (Å²) < 4.78 is 0. The van der Waals surface area contributed by atoms with E-state index in [4.69, 9.17) is 0 Å². The Hall–Kier alpha value is -1.70. The molecule has 1 aliphatic rings. The van der Waals surface area contributed by atoms with Crippen LogP contribution in [0.25, 0.3) is 0 Å². The van der Waals surface area contributed by atoms with Gasteiger partial charge in [-0.1, -0.05) is 56.7 Å². The van der Waals surface area contributed by atoms with Crippen molar-refractivity contribution >= 4 is 11.6 Å². The second-order valence-electron chi connectivity index (χ2n) is 7.25. The normalized spacial score (nSPS) is 19.8. The second kappa shape index (κ2) is 5.97. The first-order chi connectivity index (χ1) is 9.78. The lowest BCUT2D eigenvalue weighted by Gasteiger charge is -2.26. The number of hydrogen-bond acceptors (Lipinski definition) is 2. The van der Waals surface area contributed by atoms with E-state index in [-0.39, 0.29) is 22.9 Å². The van der Waals surface area contributed by atoms with Crippen LogP contribution in [0.5, 0.6) is 0 Å². The van der Waals surface area contributed by atoms with E-state index >= 15 is 0 Å². The molecule has 0 aliphatic heterocycles. The minimum Gasteiger partial charge on any atom is -0.294 e. The third-order valence-corrected chi connectivity index (χ3v) is 3.91. The predicted octanol–water partition coefficient (Wildman–Crippen LogP) is 4.45. The van der Waals surface area contributed by atoms with Crippen LogP contribution >= 0.6 is 0 Å². The summed E-state index contributed by atoms with van der Waals surface area (Å²) in [5.74, 6) is 0.0705. The van der Waals surface area contributed by atoms with Crippen LogP contribution in [0.3, 0.4) is 0 Å². The molecule has 0 bridgehead atoms. The SMILES string of the molecule is CC(CC(C)(C)C)=C1C(=O)CC(c2ccccc2)CC1=O. The first-order valence-electron chi connectivity index (χ1n) is 7.59. The van der Waals surface area contributed by atoms with Crippen LogP contribution in [0, 0.1) is 5.41 Å². The first kappa shape index (κ1) is 15.7. The maximum Gasteiger partial charge on any atom is 0.167 e. The number of Topliss-reactive ketones (excluding diaryl/α,β-unsaturated/α-hetero) is 2. The van der Waals surface area contributed by atoms with Crippen LogP contribution in [0.4, 0.5) is 0 Å². The summed E-state index contributed by atoms with van der Waals surface area (Å²) >= 11 is 0. The molecule has 1 aromatic carbocycles. The van der Waals surface area contributed by atoms with E-state index in [1.807, 2.05) is 37.3 Å². The van der Waals surface area contributed by atoms with E-state index < -0.39 is 0 Å². The molecule has 0 saturated heterocycles. The third kappa shape index (κ3) is 3.90. The molecule has 1 saturated carbocycles. The molecule has 2 nitrogen and oxygen atoms in total. The van der Waals surface area contributed by atoms with Gasteiger partial charge in [0.25, 0.3) is 0 Å². The molecule has 0 radical (unpaired) electrons. The summed E-state index contributed by atoms with van der Waals surface area (Å²) in [7, 11) is 0. The summed E-state index contributed by atoms with van der Waals surface area (Å²) in [5, 5.41) is 0. The van der Waals surface area contributed by atoms with E-state index in [0.29, 0.717) is 18.4 Å². The molecule has 1 aromatic rings. The van der Waals surface area contributed by atoms with Gasteiger partial charge in [-0.15, -0.1) is 0 Å². The van der Waals surface area contributed by atoms with Crippen LogP contribution in [0.2, 0.25) is 0 Å². The smallest absolute Gasteiger partial charge is 0.167 e. The van der Waals surface area contributed by atoms with Gasteiger partial charge >= 0.3 is 0 Å². The standard InChI is InChI=1S/C19H24O2/c1-13(12-19(2,3)4)18-16(20)10-15(11-17(18)21)14-8-6-5-7-9-14/h5-9,15H,10-12H2,1-4H3. The highest BCUT2D eigenvalue weighted by molar-refractivity contribution is 6.22. The highest BCUT2D eigenvalue weighted by Crippen LogP contribution is 2.35. The van der Waals surface area contributed by atoms with Crippen molar-refractivity contribution in [3.05, 3.63) is 47.0 Å². The van der Waals surface area contributed by atoms with E-state index in [0.717, 1.165) is 17.6 Å². The quantitative estimate of drug-likeness (QED) is 0.593. The average Bonchev–Trinajstić information content (AvgIpc) is 2.36. The van der Waals surface area contributed by atoms with Gasteiger partial charge in [-0.25, -0.2) is 0 Å². The number of carbonyl (C=O) groups is 2. The van der Waals surface area contributed by atoms with Crippen molar-refractivity contribution < 1.29 is 9.59 Å². The summed E-state index contributed by atoms with van der Waals surface area (Å²) in [4.78, 5) is 24.9. The van der Waals surface area contributed by atoms with E-state index in [1.54, 1.807) is 0 Å². The fourth-order valence-corrected chi connectivity index (χ4v) is 3.20. The molecule has 0 aromatic heterocycles. The molecule has 0 amide bonds. The van der Waals surface area contributed by atoms with Gasteiger partial charge in [-0.2, -0.15) is 0 Å².